The lowest BCUT2D eigenvalue weighted by molar-refractivity contribution is 0.413. The maximum absolute atomic E-state index is 13.2. The van der Waals surface area contributed by atoms with Crippen LogP contribution in [0.4, 0.5) is 4.39 Å². The Balaban J connectivity index is 1.63. The third-order valence-corrected chi connectivity index (χ3v) is 3.90. The molecule has 0 aliphatic rings. The molecule has 8 heteroatoms. The molecular weight excluding hydrogens is 339 g/mol. The van der Waals surface area contributed by atoms with Crippen LogP contribution < -0.4 is 10.3 Å². The minimum Gasteiger partial charge on any atom is -0.497 e. The maximum atomic E-state index is 13.2. The third-order valence-electron chi connectivity index (χ3n) is 3.90. The summed E-state index contributed by atoms with van der Waals surface area (Å²) >= 11 is 0. The van der Waals surface area contributed by atoms with Gasteiger partial charge in [0, 0.05) is 11.6 Å². The molecule has 0 saturated carbocycles. The zero-order valence-electron chi connectivity index (χ0n) is 13.7. The summed E-state index contributed by atoms with van der Waals surface area (Å²) in [7, 11) is 1.59. The Kier molecular flexibility index (Phi) is 3.92. The first-order valence-corrected chi connectivity index (χ1v) is 7.76. The molecule has 0 amide bonds. The van der Waals surface area contributed by atoms with Crippen LogP contribution in [-0.2, 0) is 6.54 Å². The molecule has 130 valence electrons. The van der Waals surface area contributed by atoms with E-state index >= 15 is 0 Å². The van der Waals surface area contributed by atoms with Crippen LogP contribution >= 0.6 is 0 Å². The van der Waals surface area contributed by atoms with Gasteiger partial charge in [0.15, 0.2) is 5.82 Å². The standard InChI is InChI=1S/C18H13FN4O3/c1-25-13-5-2-11(3-6-13)17-21-16(22-26-17)9-23-10-20-15-8-12(19)4-7-14(15)18(23)24/h2-8,10H,9H2,1H3. The van der Waals surface area contributed by atoms with Gasteiger partial charge in [-0.25, -0.2) is 9.37 Å². The van der Waals surface area contributed by atoms with Gasteiger partial charge in [-0.15, -0.1) is 0 Å². The third kappa shape index (κ3) is 2.92. The lowest BCUT2D eigenvalue weighted by atomic mass is 10.2. The molecule has 0 spiro atoms. The van der Waals surface area contributed by atoms with Crippen molar-refractivity contribution in [1.29, 1.82) is 0 Å². The lowest BCUT2D eigenvalue weighted by Gasteiger charge is -2.03. The molecule has 2 aromatic heterocycles. The average Bonchev–Trinajstić information content (AvgIpc) is 3.13. The predicted molar refractivity (Wildman–Crippen MR) is 91.3 cm³/mol. The van der Waals surface area contributed by atoms with Gasteiger partial charge in [0.05, 0.1) is 30.9 Å². The number of aromatic nitrogens is 4. The van der Waals surface area contributed by atoms with Crippen LogP contribution in [0.15, 0.2) is 58.1 Å². The van der Waals surface area contributed by atoms with E-state index < -0.39 is 5.82 Å². The van der Waals surface area contributed by atoms with E-state index in [1.807, 2.05) is 0 Å². The van der Waals surface area contributed by atoms with E-state index in [4.69, 9.17) is 9.26 Å². The SMILES string of the molecule is COc1ccc(-c2nc(Cn3cnc4cc(F)ccc4c3=O)no2)cc1. The first-order chi connectivity index (χ1) is 12.6. The lowest BCUT2D eigenvalue weighted by Crippen LogP contribution is -2.21. The summed E-state index contributed by atoms with van der Waals surface area (Å²) in [5, 5.41) is 4.23. The van der Waals surface area contributed by atoms with Gasteiger partial charge in [-0.05, 0) is 36.4 Å². The molecule has 0 radical (unpaired) electrons. The van der Waals surface area contributed by atoms with Crippen molar-refractivity contribution in [2.75, 3.05) is 7.11 Å². The number of halogens is 1. The Labute approximate surface area is 146 Å². The molecule has 0 fully saturated rings. The Morgan fingerprint density at radius 3 is 2.77 bits per heavy atom. The molecular formula is C18H13FN4O3. The summed E-state index contributed by atoms with van der Waals surface area (Å²) in [6.45, 7) is 0.0960. The molecule has 26 heavy (non-hydrogen) atoms. The maximum Gasteiger partial charge on any atom is 0.261 e. The minimum atomic E-state index is -0.440. The number of nitrogens with zero attached hydrogens (tertiary/aromatic N) is 4. The second-order valence-electron chi connectivity index (χ2n) is 5.58. The average molecular weight is 352 g/mol. The van der Waals surface area contributed by atoms with Gasteiger partial charge in [0.25, 0.3) is 11.4 Å². The van der Waals surface area contributed by atoms with Crippen LogP contribution in [0.1, 0.15) is 5.82 Å². The molecule has 0 bridgehead atoms. The summed E-state index contributed by atoms with van der Waals surface area (Å²) in [6.07, 6.45) is 1.34. The van der Waals surface area contributed by atoms with Crippen molar-refractivity contribution in [3.8, 4) is 17.2 Å². The molecule has 0 aliphatic carbocycles. The normalized spacial score (nSPS) is 11.0. The van der Waals surface area contributed by atoms with E-state index in [2.05, 4.69) is 15.1 Å². The van der Waals surface area contributed by atoms with E-state index in [0.29, 0.717) is 22.6 Å². The van der Waals surface area contributed by atoms with Crippen LogP contribution in [-0.4, -0.2) is 26.8 Å². The highest BCUT2D eigenvalue weighted by Gasteiger charge is 2.12. The Hall–Kier alpha value is -3.55. The number of benzene rings is 2. The molecule has 0 N–H and O–H groups in total. The monoisotopic (exact) mass is 352 g/mol. The largest absolute Gasteiger partial charge is 0.497 e. The Morgan fingerprint density at radius 1 is 1.19 bits per heavy atom. The van der Waals surface area contributed by atoms with E-state index in [1.54, 1.807) is 31.4 Å². The summed E-state index contributed by atoms with van der Waals surface area (Å²) in [5.41, 5.74) is 0.744. The fraction of sp³-hybridized carbons (Fsp3) is 0.111. The van der Waals surface area contributed by atoms with E-state index in [-0.39, 0.29) is 12.1 Å². The fourth-order valence-electron chi connectivity index (χ4n) is 2.57. The fourth-order valence-corrected chi connectivity index (χ4v) is 2.57. The Bertz CT molecular complexity index is 1140. The molecule has 7 nitrogen and oxygen atoms in total. The summed E-state index contributed by atoms with van der Waals surface area (Å²) in [5.74, 6) is 0.955. The van der Waals surface area contributed by atoms with Gasteiger partial charge >= 0.3 is 0 Å². The molecule has 4 rings (SSSR count). The molecule has 0 atom stereocenters. The number of rotatable bonds is 4. The summed E-state index contributed by atoms with van der Waals surface area (Å²) < 4.78 is 25.0. The van der Waals surface area contributed by atoms with Crippen LogP contribution in [0.2, 0.25) is 0 Å². The topological polar surface area (TPSA) is 83.0 Å². The molecule has 2 aromatic carbocycles. The highest BCUT2D eigenvalue weighted by molar-refractivity contribution is 5.77. The highest BCUT2D eigenvalue weighted by atomic mass is 19.1. The molecule has 0 unspecified atom stereocenters. The number of fused-ring (bicyclic) bond motifs is 1. The van der Waals surface area contributed by atoms with E-state index in [9.17, 15) is 9.18 Å². The van der Waals surface area contributed by atoms with Crippen molar-refractivity contribution in [2.45, 2.75) is 6.54 Å². The van der Waals surface area contributed by atoms with Crippen molar-refractivity contribution >= 4 is 10.9 Å². The molecule has 0 saturated heterocycles. The summed E-state index contributed by atoms with van der Waals surface area (Å²) in [6, 6.07) is 11.0. The van der Waals surface area contributed by atoms with Crippen LogP contribution in [0.25, 0.3) is 22.4 Å². The molecule has 2 heterocycles. The van der Waals surface area contributed by atoms with Crippen molar-refractivity contribution in [3.05, 3.63) is 70.8 Å². The number of ether oxygens (including phenoxy) is 1. The van der Waals surface area contributed by atoms with Crippen molar-refractivity contribution in [3.63, 3.8) is 0 Å². The minimum absolute atomic E-state index is 0.0960. The number of hydrogen-bond acceptors (Lipinski definition) is 6. The second kappa shape index (κ2) is 6.40. The predicted octanol–water partition coefficient (Wildman–Crippen LogP) is 2.64. The van der Waals surface area contributed by atoms with Gasteiger partial charge in [0.1, 0.15) is 11.6 Å². The van der Waals surface area contributed by atoms with E-state index in [0.717, 1.165) is 11.3 Å². The van der Waals surface area contributed by atoms with Crippen molar-refractivity contribution in [2.24, 2.45) is 0 Å². The smallest absolute Gasteiger partial charge is 0.261 e. The van der Waals surface area contributed by atoms with Crippen LogP contribution in [0.5, 0.6) is 5.75 Å². The molecule has 0 aliphatic heterocycles. The van der Waals surface area contributed by atoms with E-state index in [1.165, 1.54) is 29.1 Å². The first kappa shape index (κ1) is 15.9. The van der Waals surface area contributed by atoms with Gasteiger partial charge in [-0.1, -0.05) is 5.16 Å². The molecule has 4 aromatic rings. The number of methoxy groups -OCH3 is 1. The van der Waals surface area contributed by atoms with Gasteiger partial charge in [-0.3, -0.25) is 9.36 Å². The number of hydrogen-bond donors (Lipinski definition) is 0. The van der Waals surface area contributed by atoms with Crippen molar-refractivity contribution in [1.82, 2.24) is 19.7 Å². The highest BCUT2D eigenvalue weighted by Crippen LogP contribution is 2.20. The van der Waals surface area contributed by atoms with Gasteiger partial charge in [0.2, 0.25) is 0 Å². The summed E-state index contributed by atoms with van der Waals surface area (Å²) in [4.78, 5) is 20.9. The van der Waals surface area contributed by atoms with Crippen LogP contribution in [0, 0.1) is 5.82 Å². The Morgan fingerprint density at radius 2 is 2.00 bits per heavy atom. The zero-order chi connectivity index (χ0) is 18.1. The van der Waals surface area contributed by atoms with Gasteiger partial charge < -0.3 is 9.26 Å². The van der Waals surface area contributed by atoms with Crippen LogP contribution in [0.3, 0.4) is 0 Å². The van der Waals surface area contributed by atoms with Crippen molar-refractivity contribution < 1.29 is 13.7 Å². The quantitative estimate of drug-likeness (QED) is 0.561. The second-order valence-corrected chi connectivity index (χ2v) is 5.58. The zero-order valence-corrected chi connectivity index (χ0v) is 13.7. The first-order valence-electron chi connectivity index (χ1n) is 7.76. The van der Waals surface area contributed by atoms with Gasteiger partial charge in [-0.2, -0.15) is 4.98 Å².